The van der Waals surface area contributed by atoms with Gasteiger partial charge in [0.2, 0.25) is 17.7 Å². The van der Waals surface area contributed by atoms with Crippen molar-refractivity contribution in [1.82, 2.24) is 41.0 Å². The largest absolute Gasteiger partial charge is 0.342 e. The molecule has 0 spiro atoms. The Morgan fingerprint density at radius 2 is 1.14 bits per heavy atom. The van der Waals surface area contributed by atoms with Crippen molar-refractivity contribution in [2.75, 3.05) is 26.7 Å². The van der Waals surface area contributed by atoms with Crippen molar-refractivity contribution in [3.8, 4) is 0 Å². The van der Waals surface area contributed by atoms with Crippen molar-refractivity contribution in [1.29, 1.82) is 0 Å². The average molecular weight is 799 g/mol. The lowest BCUT2D eigenvalue weighted by Crippen LogP contribution is -2.69. The molecule has 7 rings (SSSR count). The zero-order valence-electron chi connectivity index (χ0n) is 33.5. The molecule has 2 aromatic carbocycles. The fourth-order valence-corrected chi connectivity index (χ4v) is 9.56. The van der Waals surface area contributed by atoms with Crippen LogP contribution in [0, 0.1) is 5.92 Å². The van der Waals surface area contributed by atoms with Gasteiger partial charge in [-0.3, -0.25) is 44.0 Å². The first kappa shape index (κ1) is 41.3. The topological polar surface area (TPSA) is 175 Å². The molecule has 312 valence electrons. The third kappa shape index (κ3) is 8.91. The van der Waals surface area contributed by atoms with Crippen LogP contribution in [0.3, 0.4) is 0 Å². The second-order valence-corrected chi connectivity index (χ2v) is 16.5. The molecule has 5 fully saturated rings. The minimum Gasteiger partial charge on any atom is -0.342 e. The van der Waals surface area contributed by atoms with Gasteiger partial charge < -0.3 is 15.1 Å². The number of likely N-dealkylation sites (N-methyl/N-ethyl adjacent to an activating group) is 1. The van der Waals surface area contributed by atoms with Gasteiger partial charge in [0.1, 0.15) is 36.3 Å². The van der Waals surface area contributed by atoms with Crippen molar-refractivity contribution in [2.24, 2.45) is 5.92 Å². The molecule has 4 saturated heterocycles. The highest BCUT2D eigenvalue weighted by molar-refractivity contribution is 5.98. The van der Waals surface area contributed by atoms with Crippen LogP contribution in [0.4, 0.5) is 0 Å². The Bertz CT molecular complexity index is 1790. The minimum absolute atomic E-state index is 0.0215. The summed E-state index contributed by atoms with van der Waals surface area (Å²) in [5.74, 6) is -3.74. The zero-order chi connectivity index (χ0) is 40.8. The van der Waals surface area contributed by atoms with Gasteiger partial charge in [0, 0.05) is 39.5 Å². The van der Waals surface area contributed by atoms with Crippen molar-refractivity contribution in [3.05, 3.63) is 71.8 Å². The van der Waals surface area contributed by atoms with Crippen LogP contribution in [0.1, 0.15) is 88.2 Å². The Morgan fingerprint density at radius 1 is 0.586 bits per heavy atom. The number of carbonyl (C=O) groups is 6. The molecule has 5 aliphatic rings. The van der Waals surface area contributed by atoms with E-state index in [4.69, 9.17) is 0 Å². The monoisotopic (exact) mass is 798 g/mol. The number of nitrogens with zero attached hydrogens (tertiary/aromatic N) is 5. The van der Waals surface area contributed by atoms with Gasteiger partial charge in [-0.1, -0.05) is 86.3 Å². The van der Waals surface area contributed by atoms with Crippen LogP contribution in [0.15, 0.2) is 60.7 Å². The predicted molar refractivity (Wildman–Crippen MR) is 213 cm³/mol. The van der Waals surface area contributed by atoms with E-state index < -0.39 is 77.6 Å². The first-order chi connectivity index (χ1) is 28.1. The number of nitrogens with one attached hydrogen (secondary N) is 3. The maximum Gasteiger partial charge on any atom is 0.269 e. The fourth-order valence-electron chi connectivity index (χ4n) is 9.56. The summed E-state index contributed by atoms with van der Waals surface area (Å²) < 4.78 is 0. The Labute approximate surface area is 340 Å². The van der Waals surface area contributed by atoms with Gasteiger partial charge in [0.25, 0.3) is 17.7 Å². The van der Waals surface area contributed by atoms with Gasteiger partial charge in [-0.25, -0.2) is 15.9 Å². The number of hydrazine groups is 2. The summed E-state index contributed by atoms with van der Waals surface area (Å²) in [5.41, 5.74) is 7.81. The smallest absolute Gasteiger partial charge is 0.269 e. The quantitative estimate of drug-likeness (QED) is 0.262. The number of amides is 6. The lowest BCUT2D eigenvalue weighted by molar-refractivity contribution is -0.194. The first-order valence-corrected chi connectivity index (χ1v) is 21.2. The number of benzene rings is 2. The van der Waals surface area contributed by atoms with E-state index in [1.165, 1.54) is 19.8 Å². The summed E-state index contributed by atoms with van der Waals surface area (Å²) in [6, 6.07) is 11.9. The van der Waals surface area contributed by atoms with Crippen LogP contribution in [0.25, 0.3) is 0 Å². The van der Waals surface area contributed by atoms with E-state index in [1.807, 2.05) is 60.7 Å². The molecule has 0 bridgehead atoms. The number of hydroxylamine groups is 2. The van der Waals surface area contributed by atoms with Crippen LogP contribution in [0.5, 0.6) is 0 Å². The standard InChI is InChI=1S/C43H58N8O7/c1-47-36(28-30-17-8-5-9-18-30)41(55)48-26-14-23-33(48)38(52)46-32(27-29-15-6-4-7-16-29)39(53)51(58)37(31-19-10-2-3-11-20-31)43(57)50-35(22-13-25-45-50)42(56)49-34(40(47)54)21-12-24-44-49/h4-9,15-18,31-37,44-45,58H,2-3,10-14,19-28H2,1H3,(H,46,52). The lowest BCUT2D eigenvalue weighted by Gasteiger charge is -2.45. The molecule has 6 atom stereocenters. The third-order valence-corrected chi connectivity index (χ3v) is 12.7. The van der Waals surface area contributed by atoms with E-state index in [9.17, 15) is 29.2 Å². The van der Waals surface area contributed by atoms with Crippen LogP contribution in [-0.2, 0) is 41.6 Å². The summed E-state index contributed by atoms with van der Waals surface area (Å²) in [6.45, 7) is 1.08. The van der Waals surface area contributed by atoms with Gasteiger partial charge in [-0.2, -0.15) is 0 Å². The Kier molecular flexibility index (Phi) is 13.4. The van der Waals surface area contributed by atoms with Crippen LogP contribution in [0.2, 0.25) is 0 Å². The molecule has 6 amide bonds. The zero-order valence-corrected chi connectivity index (χ0v) is 33.5. The summed E-state index contributed by atoms with van der Waals surface area (Å²) in [5, 5.41) is 18.1. The number of carbonyl (C=O) groups excluding carboxylic acids is 6. The van der Waals surface area contributed by atoms with E-state index in [2.05, 4.69) is 16.2 Å². The predicted octanol–water partition coefficient (Wildman–Crippen LogP) is 2.34. The molecule has 4 heterocycles. The lowest BCUT2D eigenvalue weighted by atomic mass is 9.89. The van der Waals surface area contributed by atoms with E-state index in [0.29, 0.717) is 69.5 Å². The minimum atomic E-state index is -1.35. The number of hydrogen-bond donors (Lipinski definition) is 4. The summed E-state index contributed by atoms with van der Waals surface area (Å²) in [4.78, 5) is 91.3. The molecule has 6 unspecified atom stereocenters. The summed E-state index contributed by atoms with van der Waals surface area (Å²) in [6.07, 6.45) is 7.56. The maximum atomic E-state index is 15.0. The molecule has 4 aliphatic heterocycles. The van der Waals surface area contributed by atoms with Gasteiger partial charge in [-0.05, 0) is 68.4 Å². The van der Waals surface area contributed by atoms with Crippen molar-refractivity contribution in [3.63, 3.8) is 0 Å². The molecule has 0 aromatic heterocycles. The van der Waals surface area contributed by atoms with Crippen LogP contribution in [-0.4, -0.2) is 128 Å². The highest BCUT2D eigenvalue weighted by Crippen LogP contribution is 2.31. The molecule has 58 heavy (non-hydrogen) atoms. The first-order valence-electron chi connectivity index (χ1n) is 21.2. The fraction of sp³-hybridized carbons (Fsp3) is 0.581. The van der Waals surface area contributed by atoms with Crippen molar-refractivity contribution in [2.45, 2.75) is 126 Å². The Hall–Kier alpha value is -4.86. The van der Waals surface area contributed by atoms with Crippen LogP contribution >= 0.6 is 0 Å². The molecule has 1 aliphatic carbocycles. The Morgan fingerprint density at radius 3 is 1.76 bits per heavy atom. The average Bonchev–Trinajstić information content (AvgIpc) is 3.61. The highest BCUT2D eigenvalue weighted by atomic mass is 16.5. The van der Waals surface area contributed by atoms with E-state index in [1.54, 1.807) is 7.05 Å². The number of fused-ring (bicyclic) bond motifs is 3. The molecule has 15 nitrogen and oxygen atoms in total. The molecule has 1 saturated carbocycles. The van der Waals surface area contributed by atoms with Gasteiger partial charge in [0.05, 0.1) is 0 Å². The van der Waals surface area contributed by atoms with Gasteiger partial charge in [-0.15, -0.1) is 0 Å². The van der Waals surface area contributed by atoms with Gasteiger partial charge in [0.15, 0.2) is 0 Å². The summed E-state index contributed by atoms with van der Waals surface area (Å²) >= 11 is 0. The van der Waals surface area contributed by atoms with E-state index in [0.717, 1.165) is 36.8 Å². The highest BCUT2D eigenvalue weighted by Gasteiger charge is 2.49. The molecule has 4 N–H and O–H groups in total. The molecule has 0 radical (unpaired) electrons. The second-order valence-electron chi connectivity index (χ2n) is 16.5. The molecule has 15 heteroatoms. The third-order valence-electron chi connectivity index (χ3n) is 12.7. The number of hydrogen-bond acceptors (Lipinski definition) is 9. The van der Waals surface area contributed by atoms with Crippen molar-refractivity contribution >= 4 is 35.4 Å². The van der Waals surface area contributed by atoms with E-state index in [-0.39, 0.29) is 19.4 Å². The SMILES string of the molecule is CN1C(=O)C2CCCNN2C(=O)C2CCCNN2C(=O)C(C2CCCCCC2)N(O)C(=O)C(Cc2ccccc2)NC(=O)C2CCCN2C(=O)C1Cc1ccccc1. The number of rotatable bonds is 5. The van der Waals surface area contributed by atoms with E-state index >= 15 is 4.79 Å². The summed E-state index contributed by atoms with van der Waals surface area (Å²) in [7, 11) is 1.58. The Balaban J connectivity index is 1.32. The van der Waals surface area contributed by atoms with Gasteiger partial charge >= 0.3 is 0 Å². The maximum absolute atomic E-state index is 15.0. The molecular weight excluding hydrogens is 741 g/mol. The van der Waals surface area contributed by atoms with Crippen LogP contribution < -0.4 is 16.2 Å². The molecular formula is C43H58N8O7. The second kappa shape index (κ2) is 18.8. The molecule has 2 aromatic rings. The normalized spacial score (nSPS) is 29.0. The van der Waals surface area contributed by atoms with Crippen molar-refractivity contribution < 1.29 is 34.0 Å².